The molecule has 1 rings (SSSR count). The van der Waals surface area contributed by atoms with Gasteiger partial charge in [-0.2, -0.15) is 0 Å². The fourth-order valence-electron chi connectivity index (χ4n) is 0.867. The third-order valence-electron chi connectivity index (χ3n) is 1.47. The van der Waals surface area contributed by atoms with Gasteiger partial charge in [-0.3, -0.25) is 15.1 Å². The Hall–Kier alpha value is -1.50. The zero-order chi connectivity index (χ0) is 10.7. The molecule has 0 saturated carbocycles. The average molecular weight is 261 g/mol. The molecule has 0 bridgehead atoms. The van der Waals surface area contributed by atoms with Crippen molar-refractivity contribution in [2.45, 2.75) is 0 Å². The lowest BCUT2D eigenvalue weighted by Crippen LogP contribution is -2.07. The lowest BCUT2D eigenvalue weighted by molar-refractivity contribution is -0.385. The first kappa shape index (κ1) is 10.6. The van der Waals surface area contributed by atoms with Crippen LogP contribution in [0.5, 0.6) is 0 Å². The normalized spacial score (nSPS) is 9.57. The predicted molar refractivity (Wildman–Crippen MR) is 49.9 cm³/mol. The van der Waals surface area contributed by atoms with E-state index in [2.05, 4.69) is 25.7 Å². The van der Waals surface area contributed by atoms with Crippen LogP contribution in [0.4, 0.5) is 5.69 Å². The second kappa shape index (κ2) is 4.14. The Labute approximate surface area is 87.2 Å². The van der Waals surface area contributed by atoms with Gasteiger partial charge in [-0.05, 0) is 15.9 Å². The summed E-state index contributed by atoms with van der Waals surface area (Å²) in [5.74, 6) is -0.772. The standard InChI is InChI=1S/C7H5BrN2O4/c1-14-7(11)6-4(8)2-9-3-5(6)10(12)13/h2-3H,1H3. The van der Waals surface area contributed by atoms with Gasteiger partial charge in [0.25, 0.3) is 0 Å². The van der Waals surface area contributed by atoms with Crippen molar-refractivity contribution in [1.82, 2.24) is 4.98 Å². The molecule has 0 atom stereocenters. The molecule has 0 aliphatic heterocycles. The van der Waals surface area contributed by atoms with Crippen LogP contribution < -0.4 is 0 Å². The van der Waals surface area contributed by atoms with E-state index in [9.17, 15) is 14.9 Å². The molecule has 14 heavy (non-hydrogen) atoms. The molecule has 6 nitrogen and oxygen atoms in total. The highest BCUT2D eigenvalue weighted by molar-refractivity contribution is 9.10. The van der Waals surface area contributed by atoms with Gasteiger partial charge in [0.05, 0.1) is 16.5 Å². The summed E-state index contributed by atoms with van der Waals surface area (Å²) in [5, 5.41) is 10.5. The minimum atomic E-state index is -0.772. The van der Waals surface area contributed by atoms with Crippen molar-refractivity contribution in [3.63, 3.8) is 0 Å². The molecule has 0 spiro atoms. The van der Waals surface area contributed by atoms with Crippen molar-refractivity contribution in [3.05, 3.63) is 32.5 Å². The highest BCUT2D eigenvalue weighted by Crippen LogP contribution is 2.25. The number of pyridine rings is 1. The minimum absolute atomic E-state index is 0.132. The number of rotatable bonds is 2. The number of aromatic nitrogens is 1. The minimum Gasteiger partial charge on any atom is -0.465 e. The van der Waals surface area contributed by atoms with Gasteiger partial charge in [-0.25, -0.2) is 4.79 Å². The van der Waals surface area contributed by atoms with Crippen LogP contribution in [0, 0.1) is 10.1 Å². The van der Waals surface area contributed by atoms with Crippen molar-refractivity contribution in [2.75, 3.05) is 7.11 Å². The fraction of sp³-hybridized carbons (Fsp3) is 0.143. The van der Waals surface area contributed by atoms with E-state index in [0.29, 0.717) is 0 Å². The Bertz CT molecular complexity index is 393. The maximum Gasteiger partial charge on any atom is 0.346 e. The van der Waals surface area contributed by atoms with Crippen molar-refractivity contribution in [2.24, 2.45) is 0 Å². The van der Waals surface area contributed by atoms with E-state index < -0.39 is 10.9 Å². The SMILES string of the molecule is COC(=O)c1c(Br)cncc1[N+](=O)[O-]. The summed E-state index contributed by atoms with van der Waals surface area (Å²) in [5.41, 5.74) is -0.515. The van der Waals surface area contributed by atoms with Crippen LogP contribution in [0.15, 0.2) is 16.9 Å². The second-order valence-electron chi connectivity index (χ2n) is 2.26. The topological polar surface area (TPSA) is 82.3 Å². The molecule has 1 heterocycles. The van der Waals surface area contributed by atoms with Crippen LogP contribution in [0.3, 0.4) is 0 Å². The summed E-state index contributed by atoms with van der Waals surface area (Å²) in [4.78, 5) is 24.6. The highest BCUT2D eigenvalue weighted by atomic mass is 79.9. The molecule has 1 aromatic rings. The molecule has 0 aromatic carbocycles. The lowest BCUT2D eigenvalue weighted by Gasteiger charge is -2.01. The number of hydrogen-bond acceptors (Lipinski definition) is 5. The summed E-state index contributed by atoms with van der Waals surface area (Å²) >= 11 is 2.99. The van der Waals surface area contributed by atoms with Crippen LogP contribution in [0.25, 0.3) is 0 Å². The Balaban J connectivity index is 3.36. The van der Waals surface area contributed by atoms with Crippen molar-refractivity contribution in [3.8, 4) is 0 Å². The molecule has 0 saturated heterocycles. The number of hydrogen-bond donors (Lipinski definition) is 0. The lowest BCUT2D eigenvalue weighted by atomic mass is 10.2. The zero-order valence-electron chi connectivity index (χ0n) is 7.06. The smallest absolute Gasteiger partial charge is 0.346 e. The van der Waals surface area contributed by atoms with Gasteiger partial charge in [0.1, 0.15) is 6.20 Å². The van der Waals surface area contributed by atoms with E-state index in [4.69, 9.17) is 0 Å². The molecule has 0 radical (unpaired) electrons. The van der Waals surface area contributed by atoms with Crippen molar-refractivity contribution in [1.29, 1.82) is 0 Å². The summed E-state index contributed by atoms with van der Waals surface area (Å²) < 4.78 is 4.64. The van der Waals surface area contributed by atoms with Gasteiger partial charge >= 0.3 is 11.7 Å². The van der Waals surface area contributed by atoms with Crippen LogP contribution in [-0.4, -0.2) is 23.0 Å². The molecular formula is C7H5BrN2O4. The maximum atomic E-state index is 11.2. The van der Waals surface area contributed by atoms with Crippen LogP contribution >= 0.6 is 15.9 Å². The van der Waals surface area contributed by atoms with E-state index in [0.717, 1.165) is 13.3 Å². The molecule has 0 amide bonds. The molecule has 74 valence electrons. The first-order valence-corrected chi connectivity index (χ1v) is 4.23. The predicted octanol–water partition coefficient (Wildman–Crippen LogP) is 1.54. The first-order chi connectivity index (χ1) is 6.57. The Morgan fingerprint density at radius 3 is 2.79 bits per heavy atom. The Morgan fingerprint density at radius 1 is 1.64 bits per heavy atom. The van der Waals surface area contributed by atoms with Gasteiger partial charge in [0.2, 0.25) is 0 Å². The number of nitrogens with zero attached hydrogens (tertiary/aromatic N) is 2. The molecule has 0 aliphatic rings. The monoisotopic (exact) mass is 260 g/mol. The van der Waals surface area contributed by atoms with Crippen molar-refractivity contribution < 1.29 is 14.5 Å². The number of nitro groups is 1. The number of carbonyl (C=O) groups excluding carboxylic acids is 1. The molecule has 0 aliphatic carbocycles. The van der Waals surface area contributed by atoms with Crippen molar-refractivity contribution >= 4 is 27.6 Å². The zero-order valence-corrected chi connectivity index (χ0v) is 8.65. The third-order valence-corrected chi connectivity index (χ3v) is 2.07. The molecule has 0 unspecified atom stereocenters. The summed E-state index contributed by atoms with van der Waals surface area (Å²) in [6.45, 7) is 0. The fourth-order valence-corrected chi connectivity index (χ4v) is 1.35. The van der Waals surface area contributed by atoms with Crippen LogP contribution in [0.2, 0.25) is 0 Å². The Morgan fingerprint density at radius 2 is 2.29 bits per heavy atom. The maximum absolute atomic E-state index is 11.2. The van der Waals surface area contributed by atoms with Gasteiger partial charge in [-0.15, -0.1) is 0 Å². The second-order valence-corrected chi connectivity index (χ2v) is 3.12. The average Bonchev–Trinajstić information content (AvgIpc) is 2.16. The largest absolute Gasteiger partial charge is 0.465 e. The number of ether oxygens (including phenoxy) is 1. The van der Waals surface area contributed by atoms with E-state index in [1.807, 2.05) is 0 Å². The van der Waals surface area contributed by atoms with E-state index in [1.54, 1.807) is 0 Å². The van der Waals surface area contributed by atoms with Gasteiger partial charge < -0.3 is 4.74 Å². The third kappa shape index (κ3) is 1.87. The van der Waals surface area contributed by atoms with Gasteiger partial charge in [0.15, 0.2) is 5.56 Å². The molecule has 0 N–H and O–H groups in total. The number of carbonyl (C=O) groups is 1. The molecular weight excluding hydrogens is 256 g/mol. The summed E-state index contributed by atoms with van der Waals surface area (Å²) in [6.07, 6.45) is 2.29. The molecule has 7 heteroatoms. The number of methoxy groups -OCH3 is 1. The quantitative estimate of drug-likeness (QED) is 0.458. The van der Waals surface area contributed by atoms with E-state index in [-0.39, 0.29) is 15.7 Å². The first-order valence-electron chi connectivity index (χ1n) is 3.44. The van der Waals surface area contributed by atoms with Crippen LogP contribution in [0.1, 0.15) is 10.4 Å². The van der Waals surface area contributed by atoms with Gasteiger partial charge in [-0.1, -0.05) is 0 Å². The number of esters is 1. The summed E-state index contributed by atoms with van der Waals surface area (Å²) in [6, 6.07) is 0. The highest BCUT2D eigenvalue weighted by Gasteiger charge is 2.24. The van der Waals surface area contributed by atoms with E-state index in [1.165, 1.54) is 6.20 Å². The number of halogens is 1. The molecule has 1 aromatic heterocycles. The van der Waals surface area contributed by atoms with E-state index >= 15 is 0 Å². The van der Waals surface area contributed by atoms with Crippen LogP contribution in [-0.2, 0) is 4.74 Å². The summed E-state index contributed by atoms with van der Waals surface area (Å²) in [7, 11) is 1.15. The Kier molecular flexibility index (Phi) is 3.13. The molecule has 0 fully saturated rings. The van der Waals surface area contributed by atoms with Gasteiger partial charge in [0, 0.05) is 6.20 Å².